The molecule has 0 aliphatic carbocycles. The van der Waals surface area contributed by atoms with Gasteiger partial charge in [0, 0.05) is 12.1 Å². The molecule has 1 N–H and O–H groups in total. The quantitative estimate of drug-likeness (QED) is 0.925. The number of nitrogens with one attached hydrogen (secondary N) is 1. The molecule has 1 aromatic rings. The summed E-state index contributed by atoms with van der Waals surface area (Å²) in [7, 11) is 4.02. The number of thiophene rings is 1. The van der Waals surface area contributed by atoms with Crippen LogP contribution in [-0.4, -0.2) is 37.0 Å². The summed E-state index contributed by atoms with van der Waals surface area (Å²) in [4.78, 5) is 14.8. The van der Waals surface area contributed by atoms with E-state index < -0.39 is 0 Å². The summed E-state index contributed by atoms with van der Waals surface area (Å²) in [6, 6.07) is 1.91. The molecule has 5 heteroatoms. The van der Waals surface area contributed by atoms with E-state index >= 15 is 0 Å². The summed E-state index contributed by atoms with van der Waals surface area (Å²) in [5.41, 5.74) is 1.06. The second-order valence-electron chi connectivity index (χ2n) is 4.96. The highest BCUT2D eigenvalue weighted by Crippen LogP contribution is 2.27. The van der Waals surface area contributed by atoms with Crippen LogP contribution in [-0.2, 0) is 0 Å². The number of likely N-dealkylation sites (N-methyl/N-ethyl adjacent to an activating group) is 1. The van der Waals surface area contributed by atoms with E-state index in [-0.39, 0.29) is 11.4 Å². The molecule has 0 aliphatic rings. The Morgan fingerprint density at radius 3 is 2.53 bits per heavy atom. The molecule has 3 nitrogen and oxygen atoms in total. The van der Waals surface area contributed by atoms with Crippen LogP contribution in [0.5, 0.6) is 0 Å². The van der Waals surface area contributed by atoms with Crippen LogP contribution in [0.1, 0.15) is 29.1 Å². The number of aryl methyl sites for hydroxylation is 1. The highest BCUT2D eigenvalue weighted by Gasteiger charge is 2.22. The number of amides is 1. The van der Waals surface area contributed by atoms with E-state index in [1.165, 1.54) is 11.3 Å². The Balaban J connectivity index is 2.62. The molecule has 0 aliphatic heterocycles. The lowest BCUT2D eigenvalue weighted by Crippen LogP contribution is -2.48. The molecular weight excluding hydrogens is 300 g/mol. The topological polar surface area (TPSA) is 32.3 Å². The van der Waals surface area contributed by atoms with Crippen molar-refractivity contribution in [3.8, 4) is 0 Å². The number of hydrogen-bond acceptors (Lipinski definition) is 3. The minimum Gasteiger partial charge on any atom is -0.350 e. The monoisotopic (exact) mass is 318 g/mol. The van der Waals surface area contributed by atoms with Crippen LogP contribution in [0.3, 0.4) is 0 Å². The lowest BCUT2D eigenvalue weighted by Gasteiger charge is -2.32. The average Bonchev–Trinajstić information content (AvgIpc) is 2.56. The molecule has 0 fully saturated rings. The van der Waals surface area contributed by atoms with Crippen LogP contribution in [0, 0.1) is 6.92 Å². The molecule has 1 rings (SSSR count). The minimum atomic E-state index is -0.0425. The molecule has 0 bridgehead atoms. The van der Waals surface area contributed by atoms with Gasteiger partial charge in [0.2, 0.25) is 0 Å². The number of carbonyl (C=O) groups is 1. The molecule has 0 radical (unpaired) electrons. The normalized spacial score (nSPS) is 11.9. The number of carbonyl (C=O) groups excluding carboxylic acids is 1. The molecule has 1 amide bonds. The average molecular weight is 319 g/mol. The van der Waals surface area contributed by atoms with Crippen LogP contribution in [0.25, 0.3) is 0 Å². The summed E-state index contributed by atoms with van der Waals surface area (Å²) in [6.07, 6.45) is 0. The first kappa shape index (κ1) is 14.7. The third kappa shape index (κ3) is 3.79. The van der Waals surface area contributed by atoms with Gasteiger partial charge in [0.15, 0.2) is 0 Å². The Morgan fingerprint density at radius 2 is 2.12 bits per heavy atom. The summed E-state index contributed by atoms with van der Waals surface area (Å²) in [6.45, 7) is 6.82. The van der Waals surface area contributed by atoms with Crippen LogP contribution in [0.15, 0.2) is 9.85 Å². The first-order valence-electron chi connectivity index (χ1n) is 5.45. The SMILES string of the molecule is Cc1cc(C(=O)NCC(C)(C)N(C)C)sc1Br. The Hall–Kier alpha value is -0.390. The summed E-state index contributed by atoms with van der Waals surface area (Å²) in [5, 5.41) is 2.97. The molecule has 1 heterocycles. The van der Waals surface area contributed by atoms with E-state index in [2.05, 4.69) is 40.0 Å². The molecule has 0 atom stereocenters. The molecule has 0 aromatic carbocycles. The number of halogens is 1. The van der Waals surface area contributed by atoms with Crippen LogP contribution < -0.4 is 5.32 Å². The van der Waals surface area contributed by atoms with Crippen LogP contribution in [0.4, 0.5) is 0 Å². The first-order valence-corrected chi connectivity index (χ1v) is 7.06. The Morgan fingerprint density at radius 1 is 1.53 bits per heavy atom. The van der Waals surface area contributed by atoms with Gasteiger partial charge < -0.3 is 10.2 Å². The van der Waals surface area contributed by atoms with Gasteiger partial charge in [-0.2, -0.15) is 0 Å². The van der Waals surface area contributed by atoms with Crippen molar-refractivity contribution in [1.29, 1.82) is 0 Å². The molecule has 17 heavy (non-hydrogen) atoms. The maximum absolute atomic E-state index is 11.9. The van der Waals surface area contributed by atoms with Crippen LogP contribution in [0.2, 0.25) is 0 Å². The highest BCUT2D eigenvalue weighted by atomic mass is 79.9. The fraction of sp³-hybridized carbons (Fsp3) is 0.583. The fourth-order valence-corrected chi connectivity index (χ4v) is 2.56. The van der Waals surface area contributed by atoms with Crippen molar-refractivity contribution in [1.82, 2.24) is 10.2 Å². The maximum Gasteiger partial charge on any atom is 0.261 e. The van der Waals surface area contributed by atoms with Crippen molar-refractivity contribution in [2.75, 3.05) is 20.6 Å². The third-order valence-corrected chi connectivity index (χ3v) is 5.11. The molecule has 0 unspecified atom stereocenters. The Kier molecular flexibility index (Phi) is 4.75. The maximum atomic E-state index is 11.9. The minimum absolute atomic E-state index is 0.00118. The van der Waals surface area contributed by atoms with Gasteiger partial charge in [-0.25, -0.2) is 0 Å². The molecule has 1 aromatic heterocycles. The molecule has 0 saturated carbocycles. The van der Waals surface area contributed by atoms with Crippen molar-refractivity contribution in [3.05, 3.63) is 20.3 Å². The van der Waals surface area contributed by atoms with E-state index in [4.69, 9.17) is 0 Å². The zero-order valence-electron chi connectivity index (χ0n) is 10.9. The predicted molar refractivity (Wildman–Crippen MR) is 76.9 cm³/mol. The van der Waals surface area contributed by atoms with E-state index in [1.807, 2.05) is 27.1 Å². The fourth-order valence-electron chi connectivity index (χ4n) is 1.11. The van der Waals surface area contributed by atoms with Crippen molar-refractivity contribution >= 4 is 33.2 Å². The van der Waals surface area contributed by atoms with E-state index in [0.717, 1.165) is 14.2 Å². The molecule has 96 valence electrons. The van der Waals surface area contributed by atoms with Crippen molar-refractivity contribution in [2.24, 2.45) is 0 Å². The predicted octanol–water partition coefficient (Wildman–Crippen LogP) is 2.89. The Labute approximate surface area is 115 Å². The lowest BCUT2D eigenvalue weighted by molar-refractivity contribution is 0.0923. The molecular formula is C12H19BrN2OS. The lowest BCUT2D eigenvalue weighted by atomic mass is 10.0. The first-order chi connectivity index (χ1) is 7.74. The van der Waals surface area contributed by atoms with Gasteiger partial charge in [0.25, 0.3) is 5.91 Å². The third-order valence-electron chi connectivity index (χ3n) is 2.97. The van der Waals surface area contributed by atoms with Gasteiger partial charge in [0.1, 0.15) is 0 Å². The summed E-state index contributed by atoms with van der Waals surface area (Å²) >= 11 is 4.90. The summed E-state index contributed by atoms with van der Waals surface area (Å²) in [5.74, 6) is -0.00118. The van der Waals surface area contributed by atoms with Crippen molar-refractivity contribution < 1.29 is 4.79 Å². The largest absolute Gasteiger partial charge is 0.350 e. The van der Waals surface area contributed by atoms with Gasteiger partial charge in [-0.3, -0.25) is 4.79 Å². The van der Waals surface area contributed by atoms with Crippen molar-refractivity contribution in [3.63, 3.8) is 0 Å². The van der Waals surface area contributed by atoms with E-state index in [1.54, 1.807) is 0 Å². The van der Waals surface area contributed by atoms with Gasteiger partial charge in [-0.05, 0) is 62.4 Å². The molecule has 0 spiro atoms. The van der Waals surface area contributed by atoms with E-state index in [9.17, 15) is 4.79 Å². The highest BCUT2D eigenvalue weighted by molar-refractivity contribution is 9.11. The van der Waals surface area contributed by atoms with Gasteiger partial charge >= 0.3 is 0 Å². The smallest absolute Gasteiger partial charge is 0.261 e. The zero-order valence-corrected chi connectivity index (χ0v) is 13.3. The van der Waals surface area contributed by atoms with Crippen LogP contribution >= 0.6 is 27.3 Å². The second-order valence-corrected chi connectivity index (χ2v) is 7.33. The molecule has 0 saturated heterocycles. The van der Waals surface area contributed by atoms with E-state index in [0.29, 0.717) is 6.54 Å². The summed E-state index contributed by atoms with van der Waals surface area (Å²) < 4.78 is 1.02. The Bertz CT molecular complexity index is 393. The van der Waals surface area contributed by atoms with Gasteiger partial charge in [0.05, 0.1) is 8.66 Å². The van der Waals surface area contributed by atoms with Gasteiger partial charge in [-0.1, -0.05) is 0 Å². The standard InChI is InChI=1S/C12H19BrN2OS/c1-8-6-9(17-10(8)13)11(16)14-7-12(2,3)15(4)5/h6H,7H2,1-5H3,(H,14,16). The zero-order chi connectivity index (χ0) is 13.2. The number of rotatable bonds is 4. The van der Waals surface area contributed by atoms with Crippen molar-refractivity contribution in [2.45, 2.75) is 26.3 Å². The second kappa shape index (κ2) is 5.50. The van der Waals surface area contributed by atoms with Gasteiger partial charge in [-0.15, -0.1) is 11.3 Å². The number of nitrogens with zero attached hydrogens (tertiary/aromatic N) is 1. The number of hydrogen-bond donors (Lipinski definition) is 1.